The Morgan fingerprint density at radius 2 is 0.770 bits per heavy atom. The van der Waals surface area contributed by atoms with Crippen molar-refractivity contribution in [2.75, 3.05) is 40.9 Å². The normalized spacial score (nSPS) is 14.0. The van der Waals surface area contributed by atoms with Crippen LogP contribution in [0.4, 0.5) is 0 Å². The lowest BCUT2D eigenvalue weighted by molar-refractivity contribution is -0.870. The van der Waals surface area contributed by atoms with E-state index in [9.17, 15) is 19.4 Å². The minimum Gasteiger partial charge on any atom is -0.387 e. The Bertz CT molecular complexity index is 1300. The number of phosphoric ester groups is 1. The molecule has 0 rings (SSSR count). The molecule has 0 aromatic rings. The number of amides is 1. The van der Waals surface area contributed by atoms with Gasteiger partial charge in [0.25, 0.3) is 0 Å². The van der Waals surface area contributed by atoms with Gasteiger partial charge in [0.1, 0.15) is 13.2 Å². The van der Waals surface area contributed by atoms with Crippen molar-refractivity contribution in [1.29, 1.82) is 0 Å². The number of allylic oxidation sites excluding steroid dienone is 5. The van der Waals surface area contributed by atoms with Crippen molar-refractivity contribution in [2.24, 2.45) is 0 Å². The van der Waals surface area contributed by atoms with Crippen LogP contribution in [-0.4, -0.2) is 73.4 Å². The van der Waals surface area contributed by atoms with Gasteiger partial charge >= 0.3 is 7.82 Å². The average Bonchev–Trinajstić information content (AvgIpc) is 3.36. The Hall–Kier alpha value is -1.28. The molecule has 3 atom stereocenters. The molecule has 0 aliphatic carbocycles. The second-order valence-electron chi connectivity index (χ2n) is 23.5. The molecule has 3 unspecified atom stereocenters. The van der Waals surface area contributed by atoms with Gasteiger partial charge in [-0.15, -0.1) is 0 Å². The molecule has 0 aliphatic heterocycles. The lowest BCUT2D eigenvalue weighted by atomic mass is 10.0. The zero-order chi connectivity index (χ0) is 54.2. The second kappa shape index (κ2) is 56.4. The topological polar surface area (TPSA) is 105 Å². The van der Waals surface area contributed by atoms with Crippen molar-refractivity contribution in [3.05, 3.63) is 36.5 Å². The molecule has 0 fully saturated rings. The van der Waals surface area contributed by atoms with Gasteiger partial charge in [0.15, 0.2) is 0 Å². The van der Waals surface area contributed by atoms with E-state index < -0.39 is 20.0 Å². The first-order valence-corrected chi connectivity index (χ1v) is 33.9. The Labute approximate surface area is 461 Å². The van der Waals surface area contributed by atoms with Crippen molar-refractivity contribution in [3.8, 4) is 0 Å². The number of nitrogens with one attached hydrogen (secondary N) is 1. The third-order valence-electron chi connectivity index (χ3n) is 14.9. The quantitative estimate of drug-likeness (QED) is 0.0243. The van der Waals surface area contributed by atoms with Crippen LogP contribution >= 0.6 is 7.82 Å². The van der Waals surface area contributed by atoms with Gasteiger partial charge in [-0.05, 0) is 51.4 Å². The Kier molecular flexibility index (Phi) is 55.5. The molecule has 0 aromatic heterocycles. The number of rotatable bonds is 60. The fourth-order valence-corrected chi connectivity index (χ4v) is 10.5. The summed E-state index contributed by atoms with van der Waals surface area (Å²) in [6, 6.07) is -0.848. The summed E-state index contributed by atoms with van der Waals surface area (Å²) in [5.74, 6) is -0.173. The molecule has 0 saturated carbocycles. The predicted octanol–water partition coefficient (Wildman–Crippen LogP) is 20.1. The zero-order valence-electron chi connectivity index (χ0n) is 50.1. The van der Waals surface area contributed by atoms with Gasteiger partial charge in [0.05, 0.1) is 39.9 Å². The molecule has 0 saturated heterocycles. The van der Waals surface area contributed by atoms with Gasteiger partial charge in [0.2, 0.25) is 5.91 Å². The zero-order valence-corrected chi connectivity index (χ0v) is 51.0. The average molecular weight is 1060 g/mol. The molecule has 438 valence electrons. The van der Waals surface area contributed by atoms with Crippen LogP contribution in [0.2, 0.25) is 0 Å². The summed E-state index contributed by atoms with van der Waals surface area (Å²) in [5, 5.41) is 14.0. The molecular formula is C65H128N2O6P+. The summed E-state index contributed by atoms with van der Waals surface area (Å²) in [7, 11) is 1.58. The molecule has 0 radical (unpaired) electrons. The first kappa shape index (κ1) is 72.7. The highest BCUT2D eigenvalue weighted by molar-refractivity contribution is 7.47. The lowest BCUT2D eigenvalue weighted by Gasteiger charge is -2.25. The van der Waals surface area contributed by atoms with Gasteiger partial charge < -0.3 is 19.8 Å². The largest absolute Gasteiger partial charge is 0.472 e. The van der Waals surface area contributed by atoms with E-state index in [1.807, 2.05) is 27.2 Å². The van der Waals surface area contributed by atoms with Crippen LogP contribution in [0, 0.1) is 0 Å². The first-order chi connectivity index (χ1) is 36.0. The molecule has 0 spiro atoms. The number of likely N-dealkylation sites (N-methyl/N-ethyl adjacent to an activating group) is 1. The van der Waals surface area contributed by atoms with Crippen LogP contribution in [0.1, 0.15) is 322 Å². The van der Waals surface area contributed by atoms with Crippen molar-refractivity contribution in [3.63, 3.8) is 0 Å². The summed E-state index contributed by atoms with van der Waals surface area (Å²) >= 11 is 0. The number of aliphatic hydroxyl groups excluding tert-OH is 1. The van der Waals surface area contributed by atoms with E-state index in [4.69, 9.17) is 9.05 Å². The van der Waals surface area contributed by atoms with E-state index in [-0.39, 0.29) is 19.1 Å². The highest BCUT2D eigenvalue weighted by Crippen LogP contribution is 2.43. The number of aliphatic hydroxyl groups is 1. The van der Waals surface area contributed by atoms with Crippen LogP contribution in [0.15, 0.2) is 36.5 Å². The van der Waals surface area contributed by atoms with E-state index in [2.05, 4.69) is 43.5 Å². The predicted molar refractivity (Wildman–Crippen MR) is 323 cm³/mol. The standard InChI is InChI=1S/C65H127N2O6P/c1-6-8-10-12-14-16-18-20-22-24-26-28-30-32-33-35-36-38-40-42-44-46-48-50-52-54-56-58-64(68)63(62-73-74(70,71)72-61-60-67(3,4)5)66-65(69)59-57-55-53-51-49-47-45-43-41-39-37-34-31-29-27-25-23-21-19-17-15-13-11-9-7-2/h19,21,25,27,56,58,63-64,68H,6-18,20,22-24,26,28-55,57,59-62H2,1-5H3,(H-,66,69,70,71)/p+1/b21-19-,27-25-,58-56+. The number of unbranched alkanes of at least 4 members (excludes halogenated alkanes) is 43. The molecule has 0 bridgehead atoms. The van der Waals surface area contributed by atoms with E-state index >= 15 is 0 Å². The molecule has 1 amide bonds. The third-order valence-corrected chi connectivity index (χ3v) is 15.8. The van der Waals surface area contributed by atoms with Crippen LogP contribution in [0.3, 0.4) is 0 Å². The van der Waals surface area contributed by atoms with E-state index in [1.54, 1.807) is 6.08 Å². The molecule has 0 aliphatic rings. The summed E-state index contributed by atoms with van der Waals surface area (Å²) in [6.45, 7) is 4.85. The highest BCUT2D eigenvalue weighted by Gasteiger charge is 2.28. The van der Waals surface area contributed by atoms with Gasteiger partial charge in [-0.25, -0.2) is 4.57 Å². The molecule has 8 nitrogen and oxygen atoms in total. The Morgan fingerprint density at radius 1 is 0.459 bits per heavy atom. The van der Waals surface area contributed by atoms with Gasteiger partial charge in [-0.3, -0.25) is 13.8 Å². The monoisotopic (exact) mass is 1060 g/mol. The van der Waals surface area contributed by atoms with Crippen molar-refractivity contribution in [2.45, 2.75) is 334 Å². The Balaban J connectivity index is 4.12. The van der Waals surface area contributed by atoms with Crippen molar-refractivity contribution < 1.29 is 32.9 Å². The van der Waals surface area contributed by atoms with Crippen molar-refractivity contribution >= 4 is 13.7 Å². The molecule has 0 aromatic carbocycles. The summed E-state index contributed by atoms with van der Waals surface area (Å²) in [4.78, 5) is 23.4. The summed E-state index contributed by atoms with van der Waals surface area (Å²) < 4.78 is 23.8. The maximum atomic E-state index is 13.0. The SMILES string of the molecule is CCCCCCC/C=C\C/C=C\CCCCCCCCCCCCCCCC(=O)NC(COP(=O)(O)OCC[N+](C)(C)C)C(O)/C=C/CCCCCCCCCCCCCCCCCCCCCCCCCCC. The Morgan fingerprint density at radius 3 is 1.11 bits per heavy atom. The number of hydrogen-bond donors (Lipinski definition) is 3. The fourth-order valence-electron chi connectivity index (χ4n) is 9.78. The van der Waals surface area contributed by atoms with E-state index in [0.29, 0.717) is 17.4 Å². The van der Waals surface area contributed by atoms with Crippen LogP contribution in [0.5, 0.6) is 0 Å². The van der Waals surface area contributed by atoms with Crippen LogP contribution < -0.4 is 5.32 Å². The summed E-state index contributed by atoms with van der Waals surface area (Å²) in [5.41, 5.74) is 0. The smallest absolute Gasteiger partial charge is 0.387 e. The number of hydrogen-bond acceptors (Lipinski definition) is 5. The first-order valence-electron chi connectivity index (χ1n) is 32.4. The third kappa shape index (κ3) is 58.4. The lowest BCUT2D eigenvalue weighted by Crippen LogP contribution is -2.45. The minimum atomic E-state index is -4.35. The van der Waals surface area contributed by atoms with Crippen molar-refractivity contribution in [1.82, 2.24) is 5.32 Å². The van der Waals surface area contributed by atoms with Crippen LogP contribution in [0.25, 0.3) is 0 Å². The second-order valence-corrected chi connectivity index (χ2v) is 24.9. The minimum absolute atomic E-state index is 0.0624. The summed E-state index contributed by atoms with van der Waals surface area (Å²) in [6.07, 6.45) is 74.1. The van der Waals surface area contributed by atoms with Gasteiger partial charge in [-0.2, -0.15) is 0 Å². The molecule has 0 heterocycles. The van der Waals surface area contributed by atoms with Gasteiger partial charge in [-0.1, -0.05) is 301 Å². The molecular weight excluding hydrogens is 936 g/mol. The number of phosphoric acid groups is 1. The molecule has 74 heavy (non-hydrogen) atoms. The maximum Gasteiger partial charge on any atom is 0.472 e. The number of quaternary nitrogens is 1. The highest BCUT2D eigenvalue weighted by atomic mass is 31.2. The molecule has 3 N–H and O–H groups in total. The number of carbonyl (C=O) groups excluding carboxylic acids is 1. The van der Waals surface area contributed by atoms with Gasteiger partial charge in [0, 0.05) is 6.42 Å². The van der Waals surface area contributed by atoms with E-state index in [1.165, 1.54) is 257 Å². The maximum absolute atomic E-state index is 13.0. The van der Waals surface area contributed by atoms with E-state index in [0.717, 1.165) is 44.9 Å². The number of carbonyl (C=O) groups is 1. The van der Waals surface area contributed by atoms with Crippen LogP contribution in [-0.2, 0) is 18.4 Å². The molecule has 9 heteroatoms. The fraction of sp³-hybridized carbons (Fsp3) is 0.892. The number of nitrogens with zero attached hydrogens (tertiary/aromatic N) is 1.